The maximum atomic E-state index is 10.9. The van der Waals surface area contributed by atoms with E-state index in [2.05, 4.69) is 15.1 Å². The fourth-order valence-corrected chi connectivity index (χ4v) is 2.99. The predicted octanol–water partition coefficient (Wildman–Crippen LogP) is -1.66. The van der Waals surface area contributed by atoms with Crippen LogP contribution in [0.15, 0.2) is 67.1 Å². The average molecular weight is 397 g/mol. The third-order valence-corrected chi connectivity index (χ3v) is 4.51. The van der Waals surface area contributed by atoms with Crippen molar-refractivity contribution in [2.75, 3.05) is 11.9 Å². The normalized spacial score (nSPS) is 11.7. The Morgan fingerprint density at radius 1 is 1.10 bits per heavy atom. The van der Waals surface area contributed by atoms with Crippen molar-refractivity contribution in [3.63, 3.8) is 0 Å². The van der Waals surface area contributed by atoms with Gasteiger partial charge in [-0.05, 0) is 23.3 Å². The van der Waals surface area contributed by atoms with Crippen LogP contribution in [0.2, 0.25) is 0 Å². The van der Waals surface area contributed by atoms with Crippen molar-refractivity contribution in [3.05, 3.63) is 83.8 Å². The number of carbonyl (C=O) groups is 1. The Morgan fingerprint density at radius 2 is 1.79 bits per heavy atom. The third-order valence-electron chi connectivity index (χ3n) is 4.51. The zero-order valence-electron chi connectivity index (χ0n) is 15.9. The van der Waals surface area contributed by atoms with E-state index in [1.54, 1.807) is 4.52 Å². The molecule has 0 aliphatic heterocycles. The first kappa shape index (κ1) is 20.9. The number of carboxylic acid groups (broad SMARTS) is 1. The summed E-state index contributed by atoms with van der Waals surface area (Å²) in [5.74, 6) is -0.722. The monoisotopic (exact) mass is 397 g/mol. The topological polar surface area (TPSA) is 107 Å². The van der Waals surface area contributed by atoms with Crippen LogP contribution in [0.4, 0.5) is 11.6 Å². The van der Waals surface area contributed by atoms with E-state index in [0.717, 1.165) is 5.69 Å². The number of aliphatic hydroxyl groups is 1. The van der Waals surface area contributed by atoms with Crippen LogP contribution in [0.25, 0.3) is 5.65 Å². The number of anilines is 2. The second kappa shape index (κ2) is 8.71. The number of fused-ring (bicyclic) bond motifs is 1. The van der Waals surface area contributed by atoms with Gasteiger partial charge in [0, 0.05) is 12.7 Å². The van der Waals surface area contributed by atoms with Gasteiger partial charge < -0.3 is 19.9 Å². The van der Waals surface area contributed by atoms with Crippen LogP contribution in [-0.2, 0) is 0 Å². The van der Waals surface area contributed by atoms with Gasteiger partial charge in [0.1, 0.15) is 12.4 Å². The van der Waals surface area contributed by atoms with E-state index >= 15 is 0 Å². The second-order valence-electron chi connectivity index (χ2n) is 6.22. The molecule has 140 valence electrons. The molecule has 29 heavy (non-hydrogen) atoms. The molecule has 1 unspecified atom stereocenters. The summed E-state index contributed by atoms with van der Waals surface area (Å²) in [6.45, 7) is 0. The molecule has 2 aromatic carbocycles. The van der Waals surface area contributed by atoms with Crippen LogP contribution in [0.1, 0.15) is 27.6 Å². The van der Waals surface area contributed by atoms with Crippen LogP contribution in [0.5, 0.6) is 0 Å². The zero-order valence-corrected chi connectivity index (χ0v) is 17.9. The first-order chi connectivity index (χ1) is 13.6. The van der Waals surface area contributed by atoms with Gasteiger partial charge in [0.25, 0.3) is 0 Å². The summed E-state index contributed by atoms with van der Waals surface area (Å²) in [4.78, 5) is 21.4. The number of hydrogen-bond donors (Lipinski definition) is 1. The van der Waals surface area contributed by atoms with E-state index in [1.165, 1.54) is 36.8 Å². The van der Waals surface area contributed by atoms with Gasteiger partial charge in [0.2, 0.25) is 5.95 Å². The molecule has 4 rings (SSSR count). The average Bonchev–Trinajstić information content (AvgIpc) is 3.17. The number of aromatic nitrogens is 4. The molecule has 0 aliphatic carbocycles. The molecule has 8 nitrogen and oxygen atoms in total. The second-order valence-corrected chi connectivity index (χ2v) is 6.22. The van der Waals surface area contributed by atoms with Crippen molar-refractivity contribution in [2.24, 2.45) is 0 Å². The summed E-state index contributed by atoms with van der Waals surface area (Å²) in [5.41, 5.74) is 2.45. The van der Waals surface area contributed by atoms with Gasteiger partial charge in [-0.2, -0.15) is 9.61 Å². The molecule has 0 bridgehead atoms. The Kier molecular flexibility index (Phi) is 6.29. The van der Waals surface area contributed by atoms with Gasteiger partial charge in [-0.15, -0.1) is 0 Å². The molecule has 0 fully saturated rings. The van der Waals surface area contributed by atoms with Gasteiger partial charge in [-0.3, -0.25) is 0 Å². The minimum absolute atomic E-state index is 0. The van der Waals surface area contributed by atoms with Crippen molar-refractivity contribution in [3.8, 4) is 0 Å². The molecule has 0 amide bonds. The molecule has 1 N–H and O–H groups in total. The fraction of sp³-hybridized carbons (Fsp3) is 0.100. The van der Waals surface area contributed by atoms with Crippen molar-refractivity contribution in [1.29, 1.82) is 0 Å². The van der Waals surface area contributed by atoms with Crippen LogP contribution in [0.3, 0.4) is 0 Å². The Bertz CT molecular complexity index is 1130. The van der Waals surface area contributed by atoms with Crippen LogP contribution in [0, 0.1) is 0 Å². The Hall–Kier alpha value is -2.78. The smallest absolute Gasteiger partial charge is 0.545 e. The fourth-order valence-electron chi connectivity index (χ4n) is 2.99. The largest absolute Gasteiger partial charge is 1.00 e. The van der Waals surface area contributed by atoms with E-state index in [9.17, 15) is 15.0 Å². The standard InChI is InChI=1S/C20H17N5O3.Na/c1-24(15-5-3-2-4-6-15)20-22-12-21-18-16(11-23-25(18)20)17(26)13-7-9-14(10-8-13)19(27)28;/h2-12,17,26H,1H3,(H,27,28);/q;+1/p-1. The van der Waals surface area contributed by atoms with E-state index in [0.29, 0.717) is 22.7 Å². The molecule has 4 aromatic rings. The molecule has 0 radical (unpaired) electrons. The summed E-state index contributed by atoms with van der Waals surface area (Å²) in [5, 5.41) is 26.0. The number of carboxylic acids is 1. The number of hydrogen-bond acceptors (Lipinski definition) is 7. The Morgan fingerprint density at radius 3 is 2.45 bits per heavy atom. The van der Waals surface area contributed by atoms with Crippen LogP contribution >= 0.6 is 0 Å². The Balaban J connectivity index is 0.00000240. The van der Waals surface area contributed by atoms with Crippen LogP contribution < -0.4 is 39.6 Å². The number of aromatic carboxylic acids is 1. The minimum Gasteiger partial charge on any atom is -0.545 e. The molecule has 2 heterocycles. The van der Waals surface area contributed by atoms with Gasteiger partial charge in [0.05, 0.1) is 17.7 Å². The third kappa shape index (κ3) is 4.01. The molecule has 0 aliphatic rings. The summed E-state index contributed by atoms with van der Waals surface area (Å²) in [6.07, 6.45) is 1.93. The van der Waals surface area contributed by atoms with Gasteiger partial charge in [-0.25, -0.2) is 9.97 Å². The number of para-hydroxylation sites is 1. The predicted molar refractivity (Wildman–Crippen MR) is 100 cm³/mol. The maximum Gasteiger partial charge on any atom is 1.00 e. The SMILES string of the molecule is CN(c1ccccc1)c1ncnc2c(C(O)c3ccc(C(=O)[O-])cc3)cnn12.[Na+]. The minimum atomic E-state index is -1.27. The molecular weight excluding hydrogens is 381 g/mol. The van der Waals surface area contributed by atoms with Crippen molar-refractivity contribution < 1.29 is 44.6 Å². The molecule has 0 saturated heterocycles. The van der Waals surface area contributed by atoms with Gasteiger partial charge in [-0.1, -0.05) is 42.5 Å². The summed E-state index contributed by atoms with van der Waals surface area (Å²) in [6, 6.07) is 15.6. The first-order valence-corrected chi connectivity index (χ1v) is 8.53. The van der Waals surface area contributed by atoms with E-state index in [1.807, 2.05) is 42.3 Å². The quantitative estimate of drug-likeness (QED) is 0.402. The number of nitrogens with zero attached hydrogens (tertiary/aromatic N) is 5. The molecule has 1 atom stereocenters. The molecule has 9 heteroatoms. The number of aliphatic hydroxyl groups excluding tert-OH is 1. The number of carbonyl (C=O) groups excluding carboxylic acids is 1. The van der Waals surface area contributed by atoms with E-state index in [4.69, 9.17) is 0 Å². The summed E-state index contributed by atoms with van der Waals surface area (Å²) in [7, 11) is 1.87. The van der Waals surface area contributed by atoms with Crippen molar-refractivity contribution in [2.45, 2.75) is 6.10 Å². The molecular formula is C20H16N5NaO3. The number of rotatable bonds is 5. The first-order valence-electron chi connectivity index (χ1n) is 8.53. The zero-order chi connectivity index (χ0) is 19.7. The molecule has 2 aromatic heterocycles. The molecule has 0 saturated carbocycles. The van der Waals surface area contributed by atoms with Gasteiger partial charge >= 0.3 is 29.6 Å². The molecule has 0 spiro atoms. The van der Waals surface area contributed by atoms with E-state index < -0.39 is 12.1 Å². The van der Waals surface area contributed by atoms with Crippen LogP contribution in [-0.4, -0.2) is 37.7 Å². The summed E-state index contributed by atoms with van der Waals surface area (Å²) >= 11 is 0. The van der Waals surface area contributed by atoms with Crippen molar-refractivity contribution in [1.82, 2.24) is 19.6 Å². The van der Waals surface area contributed by atoms with Gasteiger partial charge in [0.15, 0.2) is 5.65 Å². The summed E-state index contributed by atoms with van der Waals surface area (Å²) < 4.78 is 1.56. The van der Waals surface area contributed by atoms with Crippen molar-refractivity contribution >= 4 is 23.3 Å². The van der Waals surface area contributed by atoms with E-state index in [-0.39, 0.29) is 35.1 Å². The maximum absolute atomic E-state index is 10.9. The number of benzene rings is 2. The Labute approximate surface area is 188 Å².